The molecule has 2 atom stereocenters. The molecule has 1 aliphatic rings. The van der Waals surface area contributed by atoms with E-state index in [1.807, 2.05) is 30.3 Å². The first-order chi connectivity index (χ1) is 9.74. The fourth-order valence-corrected chi connectivity index (χ4v) is 3.13. The Balaban J connectivity index is 1.53. The lowest BCUT2D eigenvalue weighted by Crippen LogP contribution is -2.19. The largest absolute Gasteiger partial charge is 0.273 e. The van der Waals surface area contributed by atoms with E-state index in [0.717, 1.165) is 11.3 Å². The van der Waals surface area contributed by atoms with E-state index in [-0.39, 0.29) is 11.8 Å². The monoisotopic (exact) mass is 304 g/mol. The minimum atomic E-state index is -0.0160. The molecule has 20 heavy (non-hydrogen) atoms. The van der Waals surface area contributed by atoms with Crippen molar-refractivity contribution < 1.29 is 4.79 Å². The number of halogens is 1. The van der Waals surface area contributed by atoms with Crippen LogP contribution in [0.25, 0.3) is 0 Å². The second kappa shape index (κ2) is 5.77. The number of hydrogen-bond acceptors (Lipinski definition) is 3. The fraction of sp³-hybridized carbons (Fsp3) is 0.200. The van der Waals surface area contributed by atoms with Gasteiger partial charge in [0.25, 0.3) is 0 Å². The zero-order valence-electron chi connectivity index (χ0n) is 10.6. The van der Waals surface area contributed by atoms with E-state index < -0.39 is 0 Å². The van der Waals surface area contributed by atoms with Crippen molar-refractivity contribution in [2.45, 2.75) is 12.3 Å². The van der Waals surface area contributed by atoms with Crippen LogP contribution in [0.2, 0.25) is 4.34 Å². The van der Waals surface area contributed by atoms with E-state index in [2.05, 4.69) is 22.7 Å². The Labute approximate surface area is 126 Å². The van der Waals surface area contributed by atoms with Gasteiger partial charge in [0.1, 0.15) is 0 Å². The van der Waals surface area contributed by atoms with Crippen LogP contribution in [0.3, 0.4) is 0 Å². The van der Waals surface area contributed by atoms with Gasteiger partial charge in [0.15, 0.2) is 0 Å². The van der Waals surface area contributed by atoms with E-state index in [1.54, 1.807) is 6.21 Å². The highest BCUT2D eigenvalue weighted by atomic mass is 35.5. The number of hydrazone groups is 1. The molecule has 5 heteroatoms. The van der Waals surface area contributed by atoms with Gasteiger partial charge in [-0.2, -0.15) is 5.10 Å². The van der Waals surface area contributed by atoms with Crippen molar-refractivity contribution in [3.05, 3.63) is 57.2 Å². The van der Waals surface area contributed by atoms with E-state index in [4.69, 9.17) is 11.6 Å². The third kappa shape index (κ3) is 3.08. The number of amides is 1. The van der Waals surface area contributed by atoms with Crippen LogP contribution in [0, 0.1) is 5.92 Å². The number of rotatable bonds is 4. The Morgan fingerprint density at radius 1 is 1.30 bits per heavy atom. The van der Waals surface area contributed by atoms with E-state index in [9.17, 15) is 4.79 Å². The molecule has 0 unspecified atom stereocenters. The SMILES string of the molecule is O=C(N/N=C\c1ccc(Cl)s1)[C@@H]1C[C@@H]1c1ccccc1. The molecule has 0 aliphatic heterocycles. The molecule has 1 aromatic heterocycles. The van der Waals surface area contributed by atoms with Gasteiger partial charge in [-0.25, -0.2) is 5.43 Å². The summed E-state index contributed by atoms with van der Waals surface area (Å²) >= 11 is 7.24. The van der Waals surface area contributed by atoms with E-state index >= 15 is 0 Å². The van der Waals surface area contributed by atoms with Gasteiger partial charge < -0.3 is 0 Å². The molecule has 2 aromatic rings. The predicted molar refractivity (Wildman–Crippen MR) is 82.4 cm³/mol. The molecule has 1 fully saturated rings. The summed E-state index contributed by atoms with van der Waals surface area (Å²) in [5, 5.41) is 3.97. The Bertz CT molecular complexity index is 638. The molecule has 1 saturated carbocycles. The average Bonchev–Trinajstić information content (AvgIpc) is 3.17. The molecule has 1 aliphatic carbocycles. The quantitative estimate of drug-likeness (QED) is 0.680. The van der Waals surface area contributed by atoms with Crippen molar-refractivity contribution >= 4 is 35.1 Å². The van der Waals surface area contributed by atoms with Crippen molar-refractivity contribution in [2.24, 2.45) is 11.0 Å². The number of nitrogens with zero attached hydrogens (tertiary/aromatic N) is 1. The molecule has 3 nitrogen and oxygen atoms in total. The predicted octanol–water partition coefficient (Wildman–Crippen LogP) is 3.66. The number of nitrogens with one attached hydrogen (secondary N) is 1. The van der Waals surface area contributed by atoms with Crippen molar-refractivity contribution in [2.75, 3.05) is 0 Å². The summed E-state index contributed by atoms with van der Waals surface area (Å²) in [6.07, 6.45) is 2.52. The maximum Gasteiger partial charge on any atom is 0.243 e. The van der Waals surface area contributed by atoms with Gasteiger partial charge in [-0.05, 0) is 30.0 Å². The smallest absolute Gasteiger partial charge is 0.243 e. The Morgan fingerprint density at radius 2 is 2.10 bits per heavy atom. The van der Waals surface area contributed by atoms with Gasteiger partial charge in [-0.1, -0.05) is 41.9 Å². The zero-order valence-corrected chi connectivity index (χ0v) is 12.2. The lowest BCUT2D eigenvalue weighted by Gasteiger charge is -1.99. The zero-order chi connectivity index (χ0) is 13.9. The first kappa shape index (κ1) is 13.3. The Hall–Kier alpha value is -1.65. The highest BCUT2D eigenvalue weighted by Crippen LogP contribution is 2.47. The summed E-state index contributed by atoms with van der Waals surface area (Å²) in [6.45, 7) is 0. The van der Waals surface area contributed by atoms with Gasteiger partial charge in [0.05, 0.1) is 10.6 Å². The summed E-state index contributed by atoms with van der Waals surface area (Å²) in [7, 11) is 0. The van der Waals surface area contributed by atoms with Gasteiger partial charge >= 0.3 is 0 Å². The van der Waals surface area contributed by atoms with Crippen LogP contribution in [0.5, 0.6) is 0 Å². The van der Waals surface area contributed by atoms with Crippen LogP contribution in [-0.4, -0.2) is 12.1 Å². The summed E-state index contributed by atoms with van der Waals surface area (Å²) in [5.41, 5.74) is 3.82. The lowest BCUT2D eigenvalue weighted by atomic mass is 10.1. The molecule has 1 N–H and O–H groups in total. The van der Waals surface area contributed by atoms with Gasteiger partial charge in [0, 0.05) is 10.8 Å². The van der Waals surface area contributed by atoms with E-state index in [1.165, 1.54) is 16.9 Å². The molecular weight excluding hydrogens is 292 g/mol. The first-order valence-corrected chi connectivity index (χ1v) is 7.56. The van der Waals surface area contributed by atoms with Gasteiger partial charge in [-0.15, -0.1) is 11.3 Å². The molecular formula is C15H13ClN2OS. The highest BCUT2D eigenvalue weighted by Gasteiger charge is 2.43. The summed E-state index contributed by atoms with van der Waals surface area (Å²) in [6, 6.07) is 13.8. The van der Waals surface area contributed by atoms with E-state index in [0.29, 0.717) is 10.3 Å². The summed E-state index contributed by atoms with van der Waals surface area (Å²) in [5.74, 6) is 0.363. The maximum absolute atomic E-state index is 11.9. The molecule has 1 aromatic carbocycles. The standard InChI is InChI=1S/C15H13ClN2OS/c16-14-7-6-11(20-14)9-17-18-15(19)13-8-12(13)10-4-2-1-3-5-10/h1-7,9,12-13H,8H2,(H,18,19)/b17-9-/t12-,13-/m1/s1. The van der Waals surface area contributed by atoms with Gasteiger partial charge in [0.2, 0.25) is 5.91 Å². The topological polar surface area (TPSA) is 41.5 Å². The summed E-state index contributed by atoms with van der Waals surface area (Å²) < 4.78 is 0.712. The van der Waals surface area contributed by atoms with Crippen LogP contribution in [-0.2, 0) is 4.79 Å². The molecule has 102 valence electrons. The van der Waals surface area contributed by atoms with Crippen LogP contribution >= 0.6 is 22.9 Å². The molecule has 0 bridgehead atoms. The van der Waals surface area contributed by atoms with Crippen molar-refractivity contribution in [1.82, 2.24) is 5.43 Å². The van der Waals surface area contributed by atoms with Crippen molar-refractivity contribution in [3.8, 4) is 0 Å². The average molecular weight is 305 g/mol. The van der Waals surface area contributed by atoms with Crippen LogP contribution < -0.4 is 5.43 Å². The first-order valence-electron chi connectivity index (χ1n) is 6.37. The molecule has 1 heterocycles. The maximum atomic E-state index is 11.9. The third-order valence-electron chi connectivity index (χ3n) is 3.32. The van der Waals surface area contributed by atoms with Crippen LogP contribution in [0.4, 0.5) is 0 Å². The minimum absolute atomic E-state index is 0.0160. The second-order valence-electron chi connectivity index (χ2n) is 4.74. The molecule has 1 amide bonds. The Kier molecular flexibility index (Phi) is 3.85. The minimum Gasteiger partial charge on any atom is -0.273 e. The molecule has 0 saturated heterocycles. The highest BCUT2D eigenvalue weighted by molar-refractivity contribution is 7.17. The van der Waals surface area contributed by atoms with Crippen molar-refractivity contribution in [1.29, 1.82) is 0 Å². The summed E-state index contributed by atoms with van der Waals surface area (Å²) in [4.78, 5) is 12.9. The molecule has 0 spiro atoms. The molecule has 0 radical (unpaired) electrons. The number of benzene rings is 1. The normalized spacial score (nSPS) is 21.1. The Morgan fingerprint density at radius 3 is 2.80 bits per heavy atom. The number of thiophene rings is 1. The number of carbonyl (C=O) groups is 1. The van der Waals surface area contributed by atoms with Gasteiger partial charge in [-0.3, -0.25) is 4.79 Å². The van der Waals surface area contributed by atoms with Crippen LogP contribution in [0.1, 0.15) is 22.8 Å². The van der Waals surface area contributed by atoms with Crippen LogP contribution in [0.15, 0.2) is 47.6 Å². The lowest BCUT2D eigenvalue weighted by molar-refractivity contribution is -0.122. The molecule has 3 rings (SSSR count). The second-order valence-corrected chi connectivity index (χ2v) is 6.48. The number of carbonyl (C=O) groups excluding carboxylic acids is 1. The van der Waals surface area contributed by atoms with Crippen molar-refractivity contribution in [3.63, 3.8) is 0 Å². The number of hydrogen-bond donors (Lipinski definition) is 1. The third-order valence-corrected chi connectivity index (χ3v) is 4.48. The fourth-order valence-electron chi connectivity index (χ4n) is 2.19.